The normalized spacial score (nSPS) is 19.0. The Kier molecular flexibility index (Phi) is 3.27. The first-order chi connectivity index (χ1) is 10.3. The molecule has 0 radical (unpaired) electrons. The summed E-state index contributed by atoms with van der Waals surface area (Å²) in [6, 6.07) is 6.20. The van der Waals surface area contributed by atoms with Gasteiger partial charge in [0, 0.05) is 37.8 Å². The molecule has 2 N–H and O–H groups in total. The molecule has 2 aromatic rings. The molecule has 2 aliphatic rings. The molecule has 1 aliphatic carbocycles. The van der Waals surface area contributed by atoms with E-state index in [1.807, 2.05) is 18.2 Å². The molecule has 6 heteroatoms. The van der Waals surface area contributed by atoms with E-state index in [-0.39, 0.29) is 5.91 Å². The first-order valence-corrected chi connectivity index (χ1v) is 8.28. The van der Waals surface area contributed by atoms with Crippen molar-refractivity contribution in [2.24, 2.45) is 0 Å². The Morgan fingerprint density at radius 2 is 2.14 bits per heavy atom. The van der Waals surface area contributed by atoms with Gasteiger partial charge >= 0.3 is 0 Å². The van der Waals surface area contributed by atoms with Crippen LogP contribution in [0.1, 0.15) is 23.2 Å². The molecule has 1 saturated carbocycles. The summed E-state index contributed by atoms with van der Waals surface area (Å²) in [4.78, 5) is 19.1. The third-order valence-corrected chi connectivity index (χ3v) is 5.02. The minimum absolute atomic E-state index is 0.0384. The second-order valence-corrected chi connectivity index (χ2v) is 6.67. The van der Waals surface area contributed by atoms with Gasteiger partial charge in [-0.3, -0.25) is 4.79 Å². The number of benzene rings is 1. The van der Waals surface area contributed by atoms with Crippen molar-refractivity contribution in [1.29, 1.82) is 0 Å². The second kappa shape index (κ2) is 5.27. The van der Waals surface area contributed by atoms with Crippen molar-refractivity contribution in [1.82, 2.24) is 15.6 Å². The number of fused-ring (bicyclic) bond motifs is 1. The minimum atomic E-state index is 0.0384. The van der Waals surface area contributed by atoms with Gasteiger partial charge in [-0.15, -0.1) is 0 Å². The first kappa shape index (κ1) is 13.0. The fourth-order valence-corrected chi connectivity index (χ4v) is 3.60. The molecule has 2 heterocycles. The summed E-state index contributed by atoms with van der Waals surface area (Å²) in [5.41, 5.74) is 1.72. The highest BCUT2D eigenvalue weighted by Crippen LogP contribution is 2.30. The van der Waals surface area contributed by atoms with Gasteiger partial charge in [0.05, 0.1) is 10.2 Å². The lowest BCUT2D eigenvalue weighted by Gasteiger charge is -2.26. The Bertz CT molecular complexity index is 673. The van der Waals surface area contributed by atoms with Crippen LogP contribution in [0.25, 0.3) is 10.2 Å². The number of carbonyl (C=O) groups is 1. The highest BCUT2D eigenvalue weighted by Gasteiger charge is 2.24. The zero-order valence-corrected chi connectivity index (χ0v) is 12.6. The molecule has 0 spiro atoms. The Morgan fingerprint density at radius 3 is 2.90 bits per heavy atom. The van der Waals surface area contributed by atoms with E-state index in [9.17, 15) is 4.79 Å². The lowest BCUT2D eigenvalue weighted by Crippen LogP contribution is -2.43. The van der Waals surface area contributed by atoms with Gasteiger partial charge in [-0.25, -0.2) is 4.98 Å². The number of hydrogen-bond donors (Lipinski definition) is 2. The van der Waals surface area contributed by atoms with Crippen LogP contribution in [0.15, 0.2) is 18.2 Å². The maximum atomic E-state index is 12.1. The van der Waals surface area contributed by atoms with Gasteiger partial charge in [0.25, 0.3) is 5.91 Å². The zero-order chi connectivity index (χ0) is 14.2. The van der Waals surface area contributed by atoms with Gasteiger partial charge in [0.15, 0.2) is 5.13 Å². The predicted molar refractivity (Wildman–Crippen MR) is 85.2 cm³/mol. The molecular weight excluding hydrogens is 284 g/mol. The van der Waals surface area contributed by atoms with Crippen LogP contribution >= 0.6 is 11.3 Å². The number of amides is 1. The number of piperazine rings is 1. The van der Waals surface area contributed by atoms with Crippen molar-refractivity contribution in [2.45, 2.75) is 18.9 Å². The van der Waals surface area contributed by atoms with Crippen molar-refractivity contribution in [2.75, 3.05) is 31.1 Å². The number of carbonyl (C=O) groups excluding carboxylic acids is 1. The maximum absolute atomic E-state index is 12.1. The Labute approximate surface area is 127 Å². The van der Waals surface area contributed by atoms with Crippen LogP contribution in [0.4, 0.5) is 5.13 Å². The molecule has 0 bridgehead atoms. The van der Waals surface area contributed by atoms with Gasteiger partial charge in [0.1, 0.15) is 0 Å². The van der Waals surface area contributed by atoms with E-state index in [0.717, 1.165) is 59.9 Å². The second-order valence-electron chi connectivity index (χ2n) is 5.66. The Morgan fingerprint density at radius 1 is 1.33 bits per heavy atom. The monoisotopic (exact) mass is 302 g/mol. The number of thiazole rings is 1. The van der Waals surface area contributed by atoms with Crippen molar-refractivity contribution in [3.05, 3.63) is 23.8 Å². The number of anilines is 1. The largest absolute Gasteiger partial charge is 0.349 e. The number of nitrogens with one attached hydrogen (secondary N) is 2. The Balaban J connectivity index is 1.59. The standard InChI is InChI=1S/C15H18N4OS/c20-14(17-11-2-3-11)10-1-4-12-13(9-10)21-15(18-12)19-7-5-16-6-8-19/h1,4,9,11,16H,2-3,5-8H2,(H,17,20). The molecule has 1 amide bonds. The highest BCUT2D eigenvalue weighted by molar-refractivity contribution is 7.22. The smallest absolute Gasteiger partial charge is 0.251 e. The van der Waals surface area contributed by atoms with Crippen LogP contribution in [-0.2, 0) is 0 Å². The van der Waals surface area contributed by atoms with Crippen molar-refractivity contribution in [3.8, 4) is 0 Å². The van der Waals surface area contributed by atoms with Crippen LogP contribution in [0.3, 0.4) is 0 Å². The van der Waals surface area contributed by atoms with Gasteiger partial charge in [-0.1, -0.05) is 11.3 Å². The van der Waals surface area contributed by atoms with E-state index in [2.05, 4.69) is 15.5 Å². The summed E-state index contributed by atoms with van der Waals surface area (Å²) in [6.07, 6.45) is 2.23. The van der Waals surface area contributed by atoms with Crippen LogP contribution < -0.4 is 15.5 Å². The molecule has 1 aromatic heterocycles. The third kappa shape index (κ3) is 2.73. The minimum Gasteiger partial charge on any atom is -0.349 e. The molecular formula is C15H18N4OS. The van der Waals surface area contributed by atoms with Gasteiger partial charge in [-0.05, 0) is 31.0 Å². The molecule has 0 unspecified atom stereocenters. The summed E-state index contributed by atoms with van der Waals surface area (Å²) in [5, 5.41) is 7.44. The molecule has 1 aromatic carbocycles. The zero-order valence-electron chi connectivity index (χ0n) is 11.8. The van der Waals surface area contributed by atoms with E-state index in [1.165, 1.54) is 0 Å². The third-order valence-electron chi connectivity index (χ3n) is 3.94. The van der Waals surface area contributed by atoms with E-state index in [4.69, 9.17) is 4.98 Å². The fourth-order valence-electron chi connectivity index (χ4n) is 2.54. The summed E-state index contributed by atoms with van der Waals surface area (Å²) in [6.45, 7) is 4.00. The van der Waals surface area contributed by atoms with Crippen LogP contribution in [0.2, 0.25) is 0 Å². The lowest BCUT2D eigenvalue weighted by molar-refractivity contribution is 0.0951. The van der Waals surface area contributed by atoms with Crippen LogP contribution in [0.5, 0.6) is 0 Å². The lowest BCUT2D eigenvalue weighted by atomic mass is 10.2. The number of rotatable bonds is 3. The molecule has 5 nitrogen and oxygen atoms in total. The number of nitrogens with zero attached hydrogens (tertiary/aromatic N) is 2. The SMILES string of the molecule is O=C(NC1CC1)c1ccc2nc(N3CCNCC3)sc2c1. The Hall–Kier alpha value is -1.66. The molecule has 0 atom stereocenters. The van der Waals surface area contributed by atoms with Crippen LogP contribution in [0, 0.1) is 0 Å². The molecule has 1 saturated heterocycles. The topological polar surface area (TPSA) is 57.3 Å². The molecule has 1 aliphatic heterocycles. The average Bonchev–Trinajstić information content (AvgIpc) is 3.23. The van der Waals surface area contributed by atoms with Gasteiger partial charge in [-0.2, -0.15) is 0 Å². The summed E-state index contributed by atoms with van der Waals surface area (Å²) in [7, 11) is 0. The van der Waals surface area contributed by atoms with E-state index >= 15 is 0 Å². The highest BCUT2D eigenvalue weighted by atomic mass is 32.1. The summed E-state index contributed by atoms with van der Waals surface area (Å²) in [5.74, 6) is 0.0384. The summed E-state index contributed by atoms with van der Waals surface area (Å²) >= 11 is 1.68. The van der Waals surface area contributed by atoms with Gasteiger partial charge in [0.2, 0.25) is 0 Å². The van der Waals surface area contributed by atoms with E-state index < -0.39 is 0 Å². The van der Waals surface area contributed by atoms with Gasteiger partial charge < -0.3 is 15.5 Å². The average molecular weight is 302 g/mol. The molecule has 2 fully saturated rings. The predicted octanol–water partition coefficient (Wildman–Crippen LogP) is 1.60. The van der Waals surface area contributed by atoms with E-state index in [0.29, 0.717) is 6.04 Å². The van der Waals surface area contributed by atoms with Crippen molar-refractivity contribution < 1.29 is 4.79 Å². The van der Waals surface area contributed by atoms with Crippen molar-refractivity contribution >= 4 is 32.6 Å². The fraction of sp³-hybridized carbons (Fsp3) is 0.467. The number of aromatic nitrogens is 1. The van der Waals surface area contributed by atoms with E-state index in [1.54, 1.807) is 11.3 Å². The quantitative estimate of drug-likeness (QED) is 0.904. The molecule has 4 rings (SSSR count). The maximum Gasteiger partial charge on any atom is 0.251 e. The molecule has 21 heavy (non-hydrogen) atoms. The van der Waals surface area contributed by atoms with Crippen molar-refractivity contribution in [3.63, 3.8) is 0 Å². The number of hydrogen-bond acceptors (Lipinski definition) is 5. The van der Waals surface area contributed by atoms with Crippen LogP contribution in [-0.4, -0.2) is 43.1 Å². The molecule has 110 valence electrons. The first-order valence-electron chi connectivity index (χ1n) is 7.47. The summed E-state index contributed by atoms with van der Waals surface area (Å²) < 4.78 is 1.09.